The highest BCUT2D eigenvalue weighted by Crippen LogP contribution is 2.26. The highest BCUT2D eigenvalue weighted by atomic mass is 79.9. The maximum Gasteiger partial charge on any atom is 0.421 e. The van der Waals surface area contributed by atoms with E-state index >= 15 is 0 Å². The number of benzene rings is 1. The van der Waals surface area contributed by atoms with Gasteiger partial charge < -0.3 is 10.1 Å². The van der Waals surface area contributed by atoms with Gasteiger partial charge in [0.05, 0.1) is 23.8 Å². The van der Waals surface area contributed by atoms with Gasteiger partial charge in [0, 0.05) is 31.5 Å². The molecule has 2 heterocycles. The van der Waals surface area contributed by atoms with Gasteiger partial charge in [0.2, 0.25) is 0 Å². The number of carbonyl (C=O) groups excluding carboxylic acids is 2. The average molecular weight is 533 g/mol. The third kappa shape index (κ3) is 5.67. The molecule has 10 nitrogen and oxygen atoms in total. The lowest BCUT2D eigenvalue weighted by Crippen LogP contribution is -2.38. The number of halogens is 2. The van der Waals surface area contributed by atoms with Crippen LogP contribution in [0.3, 0.4) is 0 Å². The van der Waals surface area contributed by atoms with Crippen LogP contribution in [0.5, 0.6) is 0 Å². The monoisotopic (exact) mass is 531 g/mol. The van der Waals surface area contributed by atoms with Crippen molar-refractivity contribution < 1.29 is 14.3 Å². The van der Waals surface area contributed by atoms with Gasteiger partial charge in [0.15, 0.2) is 5.82 Å². The zero-order valence-corrected chi connectivity index (χ0v) is 20.2. The molecule has 2 aromatic heterocycles. The van der Waals surface area contributed by atoms with Crippen molar-refractivity contribution in [1.29, 1.82) is 5.26 Å². The predicted molar refractivity (Wildman–Crippen MR) is 125 cm³/mol. The molecule has 0 bridgehead atoms. The van der Waals surface area contributed by atoms with Crippen LogP contribution in [0.1, 0.15) is 27.2 Å². The van der Waals surface area contributed by atoms with E-state index in [0.717, 1.165) is 0 Å². The molecule has 0 radical (unpaired) electrons. The van der Waals surface area contributed by atoms with E-state index in [4.69, 9.17) is 11.6 Å². The fraction of sp³-hybridized carbons (Fsp3) is 0.190. The smallest absolute Gasteiger partial charge is 0.421 e. The molecule has 3 rings (SSSR count). The van der Waals surface area contributed by atoms with Gasteiger partial charge in [-0.1, -0.05) is 11.6 Å². The molecule has 1 aromatic carbocycles. The van der Waals surface area contributed by atoms with Gasteiger partial charge in [-0.15, -0.1) is 0 Å². The fourth-order valence-corrected chi connectivity index (χ4v) is 3.69. The van der Waals surface area contributed by atoms with E-state index in [1.54, 1.807) is 50.5 Å². The van der Waals surface area contributed by atoms with Crippen molar-refractivity contribution in [1.82, 2.24) is 25.2 Å². The number of aryl methyl sites for hydroxylation is 1. The Balaban J connectivity index is 1.97. The Bertz CT molecular complexity index is 1260. The van der Waals surface area contributed by atoms with Crippen molar-refractivity contribution >= 4 is 45.2 Å². The van der Waals surface area contributed by atoms with Crippen LogP contribution in [0.25, 0.3) is 5.82 Å². The molecule has 0 aliphatic carbocycles. The molecular weight excluding hydrogens is 514 g/mol. The third-order valence-electron chi connectivity index (χ3n) is 4.51. The lowest BCUT2D eigenvalue weighted by molar-refractivity contribution is 0.101. The van der Waals surface area contributed by atoms with Gasteiger partial charge in [0.25, 0.3) is 5.91 Å². The first-order valence-corrected chi connectivity index (χ1v) is 10.7. The molecule has 0 fully saturated rings. The minimum Gasteiger partial charge on any atom is -0.452 e. The summed E-state index contributed by atoms with van der Waals surface area (Å²) >= 11 is 9.54. The number of nitrogens with one attached hydrogen (secondary N) is 2. The number of aromatic nitrogens is 3. The number of methoxy groups -OCH3 is 1. The second-order valence-corrected chi connectivity index (χ2v) is 8.15. The molecule has 12 heteroatoms. The number of hydrogen-bond donors (Lipinski definition) is 2. The summed E-state index contributed by atoms with van der Waals surface area (Å²) in [6.45, 7) is 1.96. The number of anilines is 1. The number of hydrogen-bond acceptors (Lipinski definition) is 7. The van der Waals surface area contributed by atoms with Crippen LogP contribution in [-0.4, -0.2) is 45.9 Å². The molecule has 33 heavy (non-hydrogen) atoms. The quantitative estimate of drug-likeness (QED) is 0.462. The summed E-state index contributed by atoms with van der Waals surface area (Å²) in [7, 11) is 2.89. The lowest BCUT2D eigenvalue weighted by atomic mass is 10.0. The summed E-state index contributed by atoms with van der Waals surface area (Å²) in [5, 5.41) is 18.3. The van der Waals surface area contributed by atoms with Crippen molar-refractivity contribution in [2.45, 2.75) is 13.5 Å². The topological polar surface area (TPSA) is 125 Å². The van der Waals surface area contributed by atoms with Crippen molar-refractivity contribution in [2.75, 3.05) is 19.5 Å². The minimum atomic E-state index is -0.641. The Hall–Kier alpha value is -3.46. The Morgan fingerprint density at radius 2 is 2.12 bits per heavy atom. The van der Waals surface area contributed by atoms with E-state index in [-0.39, 0.29) is 12.2 Å². The summed E-state index contributed by atoms with van der Waals surface area (Å²) < 4.78 is 6.37. The number of ether oxygens (including phenoxy) is 1. The molecule has 3 aromatic rings. The number of carbonyl (C=O) groups is 2. The predicted octanol–water partition coefficient (Wildman–Crippen LogP) is 3.82. The molecule has 0 saturated carbocycles. The number of nitriles is 1. The Labute approximate surface area is 203 Å². The zero-order chi connectivity index (χ0) is 24.1. The molecule has 0 aliphatic rings. The van der Waals surface area contributed by atoms with Gasteiger partial charge >= 0.3 is 6.09 Å². The summed E-state index contributed by atoms with van der Waals surface area (Å²) in [6, 6.07) is 10.3. The lowest BCUT2D eigenvalue weighted by Gasteiger charge is -2.21. The molecule has 170 valence electrons. The normalized spacial score (nSPS) is 10.6. The average Bonchev–Trinajstić information content (AvgIpc) is 3.17. The highest BCUT2D eigenvalue weighted by molar-refractivity contribution is 9.10. The molecule has 0 saturated heterocycles. The van der Waals surface area contributed by atoms with Gasteiger partial charge in [0.1, 0.15) is 10.3 Å². The molecule has 2 N–H and O–H groups in total. The third-order valence-corrected chi connectivity index (χ3v) is 5.19. The van der Waals surface area contributed by atoms with Gasteiger partial charge in [-0.25, -0.2) is 19.5 Å². The molecule has 0 spiro atoms. The van der Waals surface area contributed by atoms with E-state index in [1.807, 2.05) is 0 Å². The van der Waals surface area contributed by atoms with E-state index < -0.39 is 12.0 Å². The first kappa shape index (κ1) is 24.2. The molecule has 0 atom stereocenters. The fourth-order valence-electron chi connectivity index (χ4n) is 3.11. The van der Waals surface area contributed by atoms with Crippen molar-refractivity contribution in [3.63, 3.8) is 0 Å². The van der Waals surface area contributed by atoms with E-state index in [0.29, 0.717) is 37.8 Å². The zero-order valence-electron chi connectivity index (χ0n) is 17.9. The van der Waals surface area contributed by atoms with E-state index in [1.165, 1.54) is 16.8 Å². The molecule has 0 aliphatic heterocycles. The van der Waals surface area contributed by atoms with Crippen LogP contribution < -0.4 is 10.7 Å². The van der Waals surface area contributed by atoms with Crippen molar-refractivity contribution in [3.8, 4) is 11.9 Å². The maximum atomic E-state index is 13.3. The first-order chi connectivity index (χ1) is 15.7. The number of nitrogens with zero attached hydrogens (tertiary/aromatic N) is 5. The van der Waals surface area contributed by atoms with Gasteiger partial charge in [-0.2, -0.15) is 10.4 Å². The SMILES string of the molecule is COC(=O)NN(C)Cc1cc(C#N)cc(C)c1NC(=O)c1cc(Br)nn1-c1ncccc1Cl. The first-order valence-electron chi connectivity index (χ1n) is 9.50. The number of amides is 2. The second-order valence-electron chi connectivity index (χ2n) is 6.93. The van der Waals surface area contributed by atoms with E-state index in [2.05, 4.69) is 47.6 Å². The number of rotatable bonds is 6. The Kier molecular flexibility index (Phi) is 7.65. The van der Waals surface area contributed by atoms with Gasteiger partial charge in [-0.05, 0) is 58.2 Å². The van der Waals surface area contributed by atoms with Gasteiger partial charge in [-0.3, -0.25) is 10.2 Å². The number of pyridine rings is 1. The second kappa shape index (κ2) is 10.4. The van der Waals surface area contributed by atoms with Crippen LogP contribution in [0.4, 0.5) is 10.5 Å². The van der Waals surface area contributed by atoms with Crippen molar-refractivity contribution in [3.05, 3.63) is 68.5 Å². The van der Waals surface area contributed by atoms with Crippen LogP contribution >= 0.6 is 27.5 Å². The number of hydrazine groups is 1. The summed E-state index contributed by atoms with van der Waals surface area (Å²) in [5.41, 5.74) is 4.91. The summed E-state index contributed by atoms with van der Waals surface area (Å²) in [5.74, 6) is -0.165. The maximum absolute atomic E-state index is 13.3. The molecule has 0 unspecified atom stereocenters. The van der Waals surface area contributed by atoms with Crippen LogP contribution in [0.15, 0.2) is 41.1 Å². The Morgan fingerprint density at radius 3 is 2.79 bits per heavy atom. The molecule has 2 amide bonds. The Morgan fingerprint density at radius 1 is 1.36 bits per heavy atom. The highest BCUT2D eigenvalue weighted by Gasteiger charge is 2.21. The van der Waals surface area contributed by atoms with E-state index in [9.17, 15) is 14.9 Å². The summed E-state index contributed by atoms with van der Waals surface area (Å²) in [6.07, 6.45) is 0.906. The largest absolute Gasteiger partial charge is 0.452 e. The van der Waals surface area contributed by atoms with Crippen LogP contribution in [0.2, 0.25) is 5.02 Å². The van der Waals surface area contributed by atoms with Crippen LogP contribution in [-0.2, 0) is 11.3 Å². The standard InChI is InChI=1S/C21H19BrClN7O3/c1-12-7-13(10-24)8-14(11-29(2)28-21(32)33-3)18(12)26-20(31)16-9-17(22)27-30(16)19-15(23)5-4-6-25-19/h4-9H,11H2,1-3H3,(H,26,31)(H,28,32). The minimum absolute atomic E-state index is 0.191. The van der Waals surface area contributed by atoms with Crippen molar-refractivity contribution in [2.24, 2.45) is 0 Å². The van der Waals surface area contributed by atoms with Crippen LogP contribution in [0, 0.1) is 18.3 Å². The molecular formula is C21H19BrClN7O3. The summed E-state index contributed by atoms with van der Waals surface area (Å²) in [4.78, 5) is 29.0.